The van der Waals surface area contributed by atoms with Crippen molar-refractivity contribution in [3.63, 3.8) is 0 Å². The molecule has 0 heterocycles. The highest BCUT2D eigenvalue weighted by Crippen LogP contribution is 2.39. The van der Waals surface area contributed by atoms with Crippen LogP contribution in [-0.2, 0) is 14.0 Å². The minimum absolute atomic E-state index is 0.0172. The van der Waals surface area contributed by atoms with Crippen molar-refractivity contribution in [2.75, 3.05) is 13.2 Å². The number of carbonyl (C=O) groups excluding carboxylic acids is 1. The molecular formula is C16H29FO3Si. The van der Waals surface area contributed by atoms with E-state index in [0.717, 1.165) is 12.8 Å². The molecule has 0 aliphatic heterocycles. The minimum Gasteiger partial charge on any atom is -0.461 e. The molecule has 5 heteroatoms. The summed E-state index contributed by atoms with van der Waals surface area (Å²) in [6, 6.07) is 0. The van der Waals surface area contributed by atoms with Crippen LogP contribution in [0.4, 0.5) is 4.39 Å². The van der Waals surface area contributed by atoms with Gasteiger partial charge in [-0.1, -0.05) is 20.8 Å². The zero-order chi connectivity index (χ0) is 16.3. The van der Waals surface area contributed by atoms with Crippen molar-refractivity contribution in [2.24, 2.45) is 5.92 Å². The van der Waals surface area contributed by atoms with Crippen LogP contribution in [0.15, 0.2) is 11.4 Å². The average Bonchev–Trinajstić information content (AvgIpc) is 2.82. The molecule has 21 heavy (non-hydrogen) atoms. The Kier molecular flexibility index (Phi) is 6.17. The van der Waals surface area contributed by atoms with Gasteiger partial charge in [0.25, 0.3) is 0 Å². The molecule has 1 aliphatic carbocycles. The van der Waals surface area contributed by atoms with Gasteiger partial charge in [-0.25, -0.2) is 4.79 Å². The quantitative estimate of drug-likeness (QED) is 0.422. The van der Waals surface area contributed by atoms with Crippen LogP contribution >= 0.6 is 0 Å². The smallest absolute Gasteiger partial charge is 0.367 e. The van der Waals surface area contributed by atoms with E-state index in [1.165, 1.54) is 0 Å². The van der Waals surface area contributed by atoms with Gasteiger partial charge in [0.1, 0.15) is 0 Å². The Hall–Kier alpha value is -0.683. The van der Waals surface area contributed by atoms with Crippen LogP contribution in [0.5, 0.6) is 0 Å². The van der Waals surface area contributed by atoms with Gasteiger partial charge in [-0.2, -0.15) is 4.39 Å². The normalized spacial score (nSPS) is 22.3. The predicted octanol–water partition coefficient (Wildman–Crippen LogP) is 4.60. The van der Waals surface area contributed by atoms with E-state index in [9.17, 15) is 9.18 Å². The molecule has 1 atom stereocenters. The second kappa shape index (κ2) is 7.05. The number of halogens is 1. The van der Waals surface area contributed by atoms with Crippen molar-refractivity contribution >= 4 is 14.3 Å². The summed E-state index contributed by atoms with van der Waals surface area (Å²) in [6.07, 6.45) is 2.43. The summed E-state index contributed by atoms with van der Waals surface area (Å²) in [6.45, 7) is 13.3. The third kappa shape index (κ3) is 4.64. The molecule has 1 fully saturated rings. The van der Waals surface area contributed by atoms with Gasteiger partial charge in [-0.15, -0.1) is 0 Å². The van der Waals surface area contributed by atoms with E-state index in [1.54, 1.807) is 6.92 Å². The maximum atomic E-state index is 14.2. The molecule has 0 aromatic heterocycles. The summed E-state index contributed by atoms with van der Waals surface area (Å²) in [4.78, 5) is 11.5. The van der Waals surface area contributed by atoms with Gasteiger partial charge in [0, 0.05) is 12.5 Å². The zero-order valence-corrected chi connectivity index (χ0v) is 15.2. The van der Waals surface area contributed by atoms with Crippen LogP contribution in [-0.4, -0.2) is 27.5 Å². The van der Waals surface area contributed by atoms with Gasteiger partial charge in [0.05, 0.1) is 6.61 Å². The average molecular weight is 316 g/mol. The van der Waals surface area contributed by atoms with Crippen LogP contribution in [0.25, 0.3) is 0 Å². The third-order valence-electron chi connectivity index (χ3n) is 4.68. The van der Waals surface area contributed by atoms with Gasteiger partial charge < -0.3 is 9.16 Å². The van der Waals surface area contributed by atoms with E-state index in [0.29, 0.717) is 18.6 Å². The largest absolute Gasteiger partial charge is 0.461 e. The lowest BCUT2D eigenvalue weighted by Crippen LogP contribution is -2.41. The molecule has 0 aromatic rings. The fourth-order valence-electron chi connectivity index (χ4n) is 2.24. The maximum absolute atomic E-state index is 14.2. The molecule has 0 N–H and O–H groups in total. The highest BCUT2D eigenvalue weighted by atomic mass is 28.4. The Bertz CT molecular complexity index is 410. The highest BCUT2D eigenvalue weighted by Gasteiger charge is 2.38. The first-order chi connectivity index (χ1) is 9.60. The number of hydrogen-bond donors (Lipinski definition) is 0. The summed E-state index contributed by atoms with van der Waals surface area (Å²) in [7, 11) is -1.84. The Morgan fingerprint density at radius 2 is 2.00 bits per heavy atom. The Labute approximate surface area is 129 Å². The lowest BCUT2D eigenvalue weighted by molar-refractivity contribution is -0.140. The summed E-state index contributed by atoms with van der Waals surface area (Å²) in [5, 5.41) is 0.134. The maximum Gasteiger partial charge on any atom is 0.367 e. The molecule has 0 saturated heterocycles. The molecule has 0 radical (unpaired) electrons. The van der Waals surface area contributed by atoms with Gasteiger partial charge in [0.15, 0.2) is 8.32 Å². The molecule has 1 aliphatic rings. The van der Waals surface area contributed by atoms with E-state index < -0.39 is 20.1 Å². The van der Waals surface area contributed by atoms with E-state index in [4.69, 9.17) is 9.16 Å². The van der Waals surface area contributed by atoms with Gasteiger partial charge in [0.2, 0.25) is 5.83 Å². The molecule has 122 valence electrons. The fraction of sp³-hybridized carbons (Fsp3) is 0.812. The Morgan fingerprint density at radius 1 is 1.38 bits per heavy atom. The van der Waals surface area contributed by atoms with Crippen LogP contribution in [0.1, 0.15) is 47.0 Å². The van der Waals surface area contributed by atoms with Gasteiger partial charge in [-0.3, -0.25) is 0 Å². The van der Waals surface area contributed by atoms with Crippen molar-refractivity contribution in [2.45, 2.75) is 65.1 Å². The number of carbonyl (C=O) groups is 1. The van der Waals surface area contributed by atoms with Crippen molar-refractivity contribution in [3.05, 3.63) is 11.4 Å². The van der Waals surface area contributed by atoms with Crippen LogP contribution in [0, 0.1) is 5.92 Å². The van der Waals surface area contributed by atoms with Crippen LogP contribution in [0.2, 0.25) is 18.1 Å². The minimum atomic E-state index is -1.84. The van der Waals surface area contributed by atoms with Crippen LogP contribution < -0.4 is 0 Å². The van der Waals surface area contributed by atoms with E-state index in [-0.39, 0.29) is 17.6 Å². The molecule has 0 aromatic carbocycles. The van der Waals surface area contributed by atoms with Crippen LogP contribution in [0.3, 0.4) is 0 Å². The topological polar surface area (TPSA) is 35.5 Å². The van der Waals surface area contributed by atoms with Crippen molar-refractivity contribution in [1.29, 1.82) is 0 Å². The monoisotopic (exact) mass is 316 g/mol. The first-order valence-corrected chi connectivity index (χ1v) is 10.7. The van der Waals surface area contributed by atoms with E-state index in [2.05, 4.69) is 33.9 Å². The predicted molar refractivity (Wildman–Crippen MR) is 85.3 cm³/mol. The SMILES string of the molecule is CCOC(=O)/C(F)=C1/CCC[C@H]1CO[Si](C)(C)C(C)(C)C. The Balaban J connectivity index is 2.75. The lowest BCUT2D eigenvalue weighted by Gasteiger charge is -2.37. The number of esters is 1. The summed E-state index contributed by atoms with van der Waals surface area (Å²) in [5.41, 5.74) is 0.590. The van der Waals surface area contributed by atoms with Crippen molar-refractivity contribution in [3.8, 4) is 0 Å². The van der Waals surface area contributed by atoms with E-state index >= 15 is 0 Å². The zero-order valence-electron chi connectivity index (χ0n) is 14.2. The van der Waals surface area contributed by atoms with Gasteiger partial charge in [-0.05, 0) is 49.9 Å². The summed E-state index contributed by atoms with van der Waals surface area (Å²) < 4.78 is 25.1. The van der Waals surface area contributed by atoms with Crippen molar-refractivity contribution < 1.29 is 18.3 Å². The molecule has 0 amide bonds. The standard InChI is InChI=1S/C16H29FO3Si/c1-7-19-15(18)14(17)13-10-8-9-12(13)11-20-21(5,6)16(2,3)4/h12H,7-11H2,1-6H3/b14-13+/t12-/m0/s1. The Morgan fingerprint density at radius 3 is 2.52 bits per heavy atom. The third-order valence-corrected chi connectivity index (χ3v) is 9.18. The number of rotatable bonds is 5. The molecule has 1 rings (SSSR count). The summed E-state index contributed by atoms with van der Waals surface area (Å²) in [5.74, 6) is -1.51. The number of ether oxygens (including phenoxy) is 1. The lowest BCUT2D eigenvalue weighted by atomic mass is 10.0. The molecule has 1 saturated carbocycles. The molecule has 3 nitrogen and oxygen atoms in total. The van der Waals surface area contributed by atoms with Crippen molar-refractivity contribution in [1.82, 2.24) is 0 Å². The molecule has 0 bridgehead atoms. The van der Waals surface area contributed by atoms with Gasteiger partial charge >= 0.3 is 5.97 Å². The molecule has 0 spiro atoms. The summed E-state index contributed by atoms with van der Waals surface area (Å²) >= 11 is 0. The molecular weight excluding hydrogens is 287 g/mol. The number of hydrogen-bond acceptors (Lipinski definition) is 3. The fourth-order valence-corrected chi connectivity index (χ4v) is 3.29. The van der Waals surface area contributed by atoms with E-state index in [1.807, 2.05) is 0 Å². The second-order valence-electron chi connectivity index (χ2n) is 7.22. The first-order valence-electron chi connectivity index (χ1n) is 7.79. The highest BCUT2D eigenvalue weighted by molar-refractivity contribution is 6.74. The molecule has 0 unspecified atom stereocenters. The first kappa shape index (κ1) is 18.4. The second-order valence-corrected chi connectivity index (χ2v) is 12.0.